The van der Waals surface area contributed by atoms with Crippen molar-refractivity contribution >= 4 is 53.2 Å². The molecule has 0 saturated carbocycles. The van der Waals surface area contributed by atoms with Crippen molar-refractivity contribution in [1.29, 1.82) is 0 Å². The molecule has 0 unspecified atom stereocenters. The predicted molar refractivity (Wildman–Crippen MR) is 267 cm³/mol. The SMILES string of the molecule is CC(C)C[C@H](NC(=O)[C@H](Cc1ccc(O)cc1)NC(=O)[C@H](Cc1ccccc1)NC(=O)[C@@H]1CCCN1)C(=O)N[C@@H](Cc1ccccc1)C(=O)N1C[C@H](O)C[C@H]1C(=O)N[C@H](C(=O)N[C@@H](CC(=O)O)C(N)=O)C(C)C. The van der Waals surface area contributed by atoms with Gasteiger partial charge in [0, 0.05) is 32.2 Å². The van der Waals surface area contributed by atoms with E-state index in [-0.39, 0.29) is 56.2 Å². The fraction of sp³-hybridized carbons (Fsp3) is 0.481. The molecule has 394 valence electrons. The Kier molecular flexibility index (Phi) is 20.8. The summed E-state index contributed by atoms with van der Waals surface area (Å²) in [5, 5.41) is 49.4. The van der Waals surface area contributed by atoms with Gasteiger partial charge in [0.15, 0.2) is 0 Å². The average Bonchev–Trinajstić information content (AvgIpc) is 4.03. The van der Waals surface area contributed by atoms with Crippen LogP contribution in [0.15, 0.2) is 84.9 Å². The third-order valence-corrected chi connectivity index (χ3v) is 12.7. The Bertz CT molecular complexity index is 2400. The van der Waals surface area contributed by atoms with Crippen LogP contribution in [0, 0.1) is 11.8 Å². The minimum absolute atomic E-state index is 0.0273. The fourth-order valence-corrected chi connectivity index (χ4v) is 8.84. The lowest BCUT2D eigenvalue weighted by molar-refractivity contribution is -0.143. The number of β-amino-alcohol motifs (C(OH)–C–C–N with tert-alkyl or cyclic N) is 1. The highest BCUT2D eigenvalue weighted by molar-refractivity contribution is 5.98. The first-order chi connectivity index (χ1) is 34.7. The Balaban J connectivity index is 1.40. The van der Waals surface area contributed by atoms with Gasteiger partial charge in [-0.2, -0.15) is 0 Å². The Morgan fingerprint density at radius 3 is 1.67 bits per heavy atom. The number of carboxylic acids is 1. The van der Waals surface area contributed by atoms with Crippen LogP contribution in [-0.2, 0) is 62.4 Å². The topological polar surface area (TPSA) is 328 Å². The zero-order chi connectivity index (χ0) is 53.4. The number of aliphatic hydroxyl groups excluding tert-OH is 1. The molecule has 2 aliphatic heterocycles. The van der Waals surface area contributed by atoms with Gasteiger partial charge in [-0.1, -0.05) is 100 Å². The van der Waals surface area contributed by atoms with E-state index in [1.807, 2.05) is 32.0 Å². The Labute approximate surface area is 424 Å². The van der Waals surface area contributed by atoms with Gasteiger partial charge in [-0.3, -0.25) is 43.2 Å². The van der Waals surface area contributed by atoms with Gasteiger partial charge in [0.1, 0.15) is 48.0 Å². The first-order valence-electron chi connectivity index (χ1n) is 24.6. The number of aliphatic hydroxyl groups is 1. The summed E-state index contributed by atoms with van der Waals surface area (Å²) in [7, 11) is 0. The number of phenols is 1. The molecule has 3 aromatic rings. The highest BCUT2D eigenvalue weighted by atomic mass is 16.4. The van der Waals surface area contributed by atoms with Gasteiger partial charge in [0.25, 0.3) is 0 Å². The lowest BCUT2D eigenvalue weighted by Gasteiger charge is -2.32. The summed E-state index contributed by atoms with van der Waals surface area (Å²) in [6.45, 7) is 7.15. The number of rotatable bonds is 25. The molecule has 5 rings (SSSR count). The molecule has 2 aliphatic rings. The van der Waals surface area contributed by atoms with E-state index in [1.165, 1.54) is 12.1 Å². The normalized spacial score (nSPS) is 18.8. The second-order valence-corrected chi connectivity index (χ2v) is 19.5. The summed E-state index contributed by atoms with van der Waals surface area (Å²) in [5.41, 5.74) is 7.24. The van der Waals surface area contributed by atoms with E-state index in [0.717, 1.165) is 16.9 Å². The van der Waals surface area contributed by atoms with Crippen molar-refractivity contribution in [2.24, 2.45) is 17.6 Å². The molecule has 2 heterocycles. The molecule has 0 radical (unpaired) electrons. The number of benzene rings is 3. The third kappa shape index (κ3) is 17.1. The Morgan fingerprint density at radius 1 is 0.644 bits per heavy atom. The summed E-state index contributed by atoms with van der Waals surface area (Å²) >= 11 is 0. The standard InChI is InChI=1S/C52H69N9O12/c1-29(2)22-38(56-48(69)40(24-33-17-19-34(62)20-18-33)58-49(70)39(23-31-12-7-5-8-13-31)57-46(67)36-16-11-21-54-36)47(68)59-41(25-32-14-9-6-10-15-32)52(73)61-28-35(63)26-42(61)50(71)60-44(30(3)4)51(72)55-37(45(53)66)27-43(64)65/h5-10,12-15,17-20,29-30,35-42,44,54,62-63H,11,16,21-28H2,1-4H3,(H2,53,66)(H,55,72)(H,56,69)(H,57,67)(H,58,70)(H,59,68)(H,60,71)(H,64,65)/t35-,36+,37+,38+,39+,40+,41+,42+,44+/m1/s1. The van der Waals surface area contributed by atoms with E-state index in [9.17, 15) is 58.5 Å². The summed E-state index contributed by atoms with van der Waals surface area (Å²) in [4.78, 5) is 123. The van der Waals surface area contributed by atoms with Crippen LogP contribution in [-0.4, -0.2) is 141 Å². The van der Waals surface area contributed by atoms with E-state index >= 15 is 0 Å². The van der Waals surface area contributed by atoms with Crippen molar-refractivity contribution in [2.45, 2.75) is 134 Å². The zero-order valence-electron chi connectivity index (χ0n) is 41.5. The molecule has 0 aromatic heterocycles. The smallest absolute Gasteiger partial charge is 0.305 e. The summed E-state index contributed by atoms with van der Waals surface area (Å²) in [5.74, 6) is -8.42. The summed E-state index contributed by atoms with van der Waals surface area (Å²) < 4.78 is 0. The van der Waals surface area contributed by atoms with Crippen LogP contribution in [0.1, 0.15) is 76.5 Å². The molecule has 8 amide bonds. The molecular weight excluding hydrogens is 943 g/mol. The van der Waals surface area contributed by atoms with Crippen molar-refractivity contribution in [3.63, 3.8) is 0 Å². The number of hydrogen-bond donors (Lipinski definition) is 11. The lowest BCUT2D eigenvalue weighted by Crippen LogP contribution is -2.61. The number of amides is 8. The van der Waals surface area contributed by atoms with Crippen molar-refractivity contribution in [3.05, 3.63) is 102 Å². The molecule has 21 heteroatoms. The third-order valence-electron chi connectivity index (χ3n) is 12.7. The number of nitrogens with two attached hydrogens (primary N) is 1. The van der Waals surface area contributed by atoms with Crippen LogP contribution in [0.4, 0.5) is 0 Å². The number of carbonyl (C=O) groups is 9. The molecule has 12 N–H and O–H groups in total. The number of aliphatic carboxylic acids is 1. The minimum atomic E-state index is -1.58. The van der Waals surface area contributed by atoms with Crippen molar-refractivity contribution in [1.82, 2.24) is 42.1 Å². The molecule has 73 heavy (non-hydrogen) atoms. The van der Waals surface area contributed by atoms with Gasteiger partial charge >= 0.3 is 5.97 Å². The number of likely N-dealkylation sites (tertiary alicyclic amines) is 1. The lowest BCUT2D eigenvalue weighted by atomic mass is 9.99. The monoisotopic (exact) mass is 1010 g/mol. The maximum absolute atomic E-state index is 14.7. The second kappa shape index (κ2) is 26.9. The second-order valence-electron chi connectivity index (χ2n) is 19.5. The van der Waals surface area contributed by atoms with Crippen molar-refractivity contribution in [2.75, 3.05) is 13.1 Å². The summed E-state index contributed by atoms with van der Waals surface area (Å²) in [6, 6.07) is 13.9. The van der Waals surface area contributed by atoms with Crippen LogP contribution in [0.5, 0.6) is 5.75 Å². The van der Waals surface area contributed by atoms with E-state index < -0.39 is 114 Å². The number of hydrogen-bond acceptors (Lipinski definition) is 12. The zero-order valence-corrected chi connectivity index (χ0v) is 41.5. The number of nitrogens with one attached hydrogen (secondary N) is 7. The van der Waals surface area contributed by atoms with Crippen LogP contribution in [0.3, 0.4) is 0 Å². The maximum Gasteiger partial charge on any atom is 0.305 e. The molecule has 9 atom stereocenters. The van der Waals surface area contributed by atoms with Gasteiger partial charge in [-0.25, -0.2) is 0 Å². The molecule has 0 spiro atoms. The van der Waals surface area contributed by atoms with Crippen LogP contribution in [0.2, 0.25) is 0 Å². The van der Waals surface area contributed by atoms with Crippen LogP contribution >= 0.6 is 0 Å². The van der Waals surface area contributed by atoms with E-state index in [4.69, 9.17) is 5.73 Å². The fourth-order valence-electron chi connectivity index (χ4n) is 8.84. The molecular formula is C52H69N9O12. The highest BCUT2D eigenvalue weighted by Crippen LogP contribution is 2.22. The Hall–Kier alpha value is -7.39. The number of nitrogens with zero attached hydrogens (tertiary/aromatic N) is 1. The van der Waals surface area contributed by atoms with Gasteiger partial charge < -0.3 is 63.2 Å². The molecule has 0 bridgehead atoms. The Morgan fingerprint density at radius 2 is 1.15 bits per heavy atom. The van der Waals surface area contributed by atoms with Crippen LogP contribution < -0.4 is 43.0 Å². The molecule has 0 aliphatic carbocycles. The highest BCUT2D eigenvalue weighted by Gasteiger charge is 2.44. The number of carboxylic acid groups (broad SMARTS) is 1. The first kappa shape index (κ1) is 56.5. The maximum atomic E-state index is 14.7. The van der Waals surface area contributed by atoms with Gasteiger partial charge in [-0.05, 0) is 66.5 Å². The minimum Gasteiger partial charge on any atom is -0.508 e. The number of aromatic hydroxyl groups is 1. The van der Waals surface area contributed by atoms with E-state index in [0.29, 0.717) is 24.1 Å². The molecule has 2 fully saturated rings. The molecule has 3 aromatic carbocycles. The van der Waals surface area contributed by atoms with E-state index in [2.05, 4.69) is 37.2 Å². The summed E-state index contributed by atoms with van der Waals surface area (Å²) in [6.07, 6.45) is -0.876. The van der Waals surface area contributed by atoms with Gasteiger partial charge in [0.2, 0.25) is 47.3 Å². The average molecular weight is 1010 g/mol. The largest absolute Gasteiger partial charge is 0.508 e. The predicted octanol–water partition coefficient (Wildman–Crippen LogP) is -0.295. The van der Waals surface area contributed by atoms with Gasteiger partial charge in [-0.15, -0.1) is 0 Å². The number of primary amides is 1. The van der Waals surface area contributed by atoms with Crippen molar-refractivity contribution in [3.8, 4) is 5.75 Å². The van der Waals surface area contributed by atoms with Crippen molar-refractivity contribution < 1.29 is 58.5 Å². The number of phenolic OH excluding ortho intramolecular Hbond substituents is 1. The molecule has 2 saturated heterocycles. The van der Waals surface area contributed by atoms with Gasteiger partial charge in [0.05, 0.1) is 18.6 Å². The molecule has 21 nitrogen and oxygen atoms in total. The number of carbonyl (C=O) groups excluding carboxylic acids is 8. The first-order valence-corrected chi connectivity index (χ1v) is 24.6. The van der Waals surface area contributed by atoms with Crippen LogP contribution in [0.25, 0.3) is 0 Å². The quantitative estimate of drug-likeness (QED) is 0.0521. The van der Waals surface area contributed by atoms with E-state index in [1.54, 1.807) is 68.4 Å².